The molecule has 0 aliphatic carbocycles. The summed E-state index contributed by atoms with van der Waals surface area (Å²) in [6.45, 7) is 0.918. The molecule has 0 heterocycles. The Morgan fingerprint density at radius 3 is 1.61 bits per heavy atom. The van der Waals surface area contributed by atoms with E-state index in [4.69, 9.17) is 5.11 Å². The first kappa shape index (κ1) is 13.2. The van der Waals surface area contributed by atoms with Gasteiger partial charge in [-0.1, -0.05) is 0 Å². The summed E-state index contributed by atoms with van der Waals surface area (Å²) in [4.78, 5) is 29.7. The highest BCUT2D eigenvalue weighted by Gasteiger charge is 2.37. The first-order chi connectivity index (χ1) is 8.20. The van der Waals surface area contributed by atoms with Crippen molar-refractivity contribution in [1.82, 2.24) is 0 Å². The number of phenols is 2. The summed E-state index contributed by atoms with van der Waals surface area (Å²) in [6, 6.07) is 0. The molecule has 0 bridgehead atoms. The highest BCUT2D eigenvalue weighted by Crippen LogP contribution is 2.46. The summed E-state index contributed by atoms with van der Waals surface area (Å²) >= 11 is 0. The Morgan fingerprint density at radius 2 is 1.39 bits per heavy atom. The smallest absolute Gasteiger partial charge is 0.343 e. The van der Waals surface area contributed by atoms with Crippen LogP contribution in [0, 0.1) is 27.2 Å². The summed E-state index contributed by atoms with van der Waals surface area (Å²) in [5.74, 6) is -4.57. The number of hydrogen-bond acceptors (Lipinski definition) is 7. The number of nitro benzene ring substituents is 2. The summed E-state index contributed by atoms with van der Waals surface area (Å²) < 4.78 is 0. The van der Waals surface area contributed by atoms with Gasteiger partial charge in [-0.05, 0) is 6.92 Å². The molecule has 0 aromatic heterocycles. The van der Waals surface area contributed by atoms with Crippen LogP contribution in [0.5, 0.6) is 11.5 Å². The lowest BCUT2D eigenvalue weighted by atomic mass is 10.0. The zero-order valence-electron chi connectivity index (χ0n) is 8.78. The molecule has 1 aromatic carbocycles. The van der Waals surface area contributed by atoms with Gasteiger partial charge in [-0.25, -0.2) is 4.79 Å². The number of aromatic hydroxyl groups is 2. The molecule has 0 radical (unpaired) electrons. The first-order valence-corrected chi connectivity index (χ1v) is 4.30. The molecule has 1 rings (SSSR count). The number of carbonyl (C=O) groups is 1. The Morgan fingerprint density at radius 1 is 1.06 bits per heavy atom. The van der Waals surface area contributed by atoms with Crippen molar-refractivity contribution in [1.29, 1.82) is 0 Å². The summed E-state index contributed by atoms with van der Waals surface area (Å²) in [7, 11) is 0. The molecule has 0 saturated heterocycles. The predicted molar refractivity (Wildman–Crippen MR) is 54.8 cm³/mol. The lowest BCUT2D eigenvalue weighted by molar-refractivity contribution is -0.396. The van der Waals surface area contributed by atoms with Crippen LogP contribution in [-0.2, 0) is 0 Å². The monoisotopic (exact) mass is 258 g/mol. The van der Waals surface area contributed by atoms with Crippen LogP contribution in [0.15, 0.2) is 0 Å². The number of aromatic carboxylic acids is 1. The van der Waals surface area contributed by atoms with Crippen LogP contribution in [0.2, 0.25) is 0 Å². The topological polar surface area (TPSA) is 164 Å². The normalized spacial score (nSPS) is 10.1. The van der Waals surface area contributed by atoms with Crippen molar-refractivity contribution in [2.24, 2.45) is 0 Å². The molecule has 18 heavy (non-hydrogen) atoms. The van der Waals surface area contributed by atoms with E-state index in [2.05, 4.69) is 0 Å². The van der Waals surface area contributed by atoms with Gasteiger partial charge in [-0.15, -0.1) is 0 Å². The van der Waals surface area contributed by atoms with E-state index in [9.17, 15) is 35.2 Å². The Bertz CT molecular complexity index is 477. The Hall–Kier alpha value is -2.91. The predicted octanol–water partition coefficient (Wildman–Crippen LogP) is 0.921. The quantitative estimate of drug-likeness (QED) is 0.531. The Kier molecular flexibility index (Phi) is 3.04. The minimum absolute atomic E-state index is 0.634. The van der Waals surface area contributed by atoms with Gasteiger partial charge in [0.25, 0.3) is 0 Å². The average molecular weight is 258 g/mol. The third-order valence-electron chi connectivity index (χ3n) is 2.21. The van der Waals surface area contributed by atoms with Crippen LogP contribution in [0.1, 0.15) is 15.9 Å². The third kappa shape index (κ3) is 1.75. The maximum Gasteiger partial charge on any atom is 0.343 e. The maximum absolute atomic E-state index is 10.7. The Labute approximate surface area is 98.0 Å². The standard InChI is InChI=1S/C8H6N2O8/c1-2-4(9(15)16)6(11)3(8(13)14)7(12)5(2)10(17)18/h11-12H,1H3,(H,13,14). The van der Waals surface area contributed by atoms with Gasteiger partial charge in [0.1, 0.15) is 5.56 Å². The number of benzene rings is 1. The van der Waals surface area contributed by atoms with Crippen LogP contribution >= 0.6 is 0 Å². The molecular formula is C8H6N2O8. The van der Waals surface area contributed by atoms with Crippen molar-refractivity contribution in [2.45, 2.75) is 6.92 Å². The third-order valence-corrected chi connectivity index (χ3v) is 2.21. The fraction of sp³-hybridized carbons (Fsp3) is 0.125. The molecule has 10 nitrogen and oxygen atoms in total. The lowest BCUT2D eigenvalue weighted by Gasteiger charge is -2.07. The number of hydrogen-bond donors (Lipinski definition) is 3. The van der Waals surface area contributed by atoms with Crippen LogP contribution in [-0.4, -0.2) is 31.1 Å². The van der Waals surface area contributed by atoms with Gasteiger partial charge >= 0.3 is 17.3 Å². The number of nitrogens with zero attached hydrogens (tertiary/aromatic N) is 2. The fourth-order valence-electron chi connectivity index (χ4n) is 1.47. The zero-order chi connectivity index (χ0) is 14.2. The highest BCUT2D eigenvalue weighted by molar-refractivity contribution is 5.98. The molecule has 0 atom stereocenters. The second kappa shape index (κ2) is 4.16. The van der Waals surface area contributed by atoms with Crippen LogP contribution in [0.3, 0.4) is 0 Å². The molecule has 10 heteroatoms. The molecule has 0 aliphatic rings. The van der Waals surface area contributed by atoms with E-state index in [1.807, 2.05) is 0 Å². The van der Waals surface area contributed by atoms with Crippen molar-refractivity contribution in [3.8, 4) is 11.5 Å². The van der Waals surface area contributed by atoms with E-state index < -0.39 is 49.8 Å². The summed E-state index contributed by atoms with van der Waals surface area (Å²) in [5.41, 5.74) is -4.17. The van der Waals surface area contributed by atoms with E-state index in [-0.39, 0.29) is 0 Å². The molecule has 0 aliphatic heterocycles. The van der Waals surface area contributed by atoms with E-state index in [0.29, 0.717) is 0 Å². The lowest BCUT2D eigenvalue weighted by Crippen LogP contribution is -2.05. The van der Waals surface area contributed by atoms with E-state index in [1.165, 1.54) is 0 Å². The molecule has 3 N–H and O–H groups in total. The number of nitro groups is 2. The largest absolute Gasteiger partial charge is 0.501 e. The van der Waals surface area contributed by atoms with Gasteiger partial charge in [0.15, 0.2) is 5.56 Å². The molecule has 0 spiro atoms. The summed E-state index contributed by atoms with van der Waals surface area (Å²) in [6.07, 6.45) is 0. The van der Waals surface area contributed by atoms with Gasteiger partial charge in [0, 0.05) is 0 Å². The SMILES string of the molecule is Cc1c([N+](=O)[O-])c(O)c(C(=O)O)c(O)c1[N+](=O)[O-]. The van der Waals surface area contributed by atoms with Crippen molar-refractivity contribution in [3.05, 3.63) is 31.4 Å². The van der Waals surface area contributed by atoms with Crippen LogP contribution in [0.4, 0.5) is 11.4 Å². The van der Waals surface area contributed by atoms with Gasteiger partial charge in [0.05, 0.1) is 9.85 Å². The van der Waals surface area contributed by atoms with Gasteiger partial charge < -0.3 is 15.3 Å². The number of carboxylic acid groups (broad SMARTS) is 1. The van der Waals surface area contributed by atoms with Crippen molar-refractivity contribution in [2.75, 3.05) is 0 Å². The first-order valence-electron chi connectivity index (χ1n) is 4.30. The number of rotatable bonds is 3. The van der Waals surface area contributed by atoms with E-state index >= 15 is 0 Å². The molecule has 0 fully saturated rings. The fourth-order valence-corrected chi connectivity index (χ4v) is 1.47. The van der Waals surface area contributed by atoms with Crippen LogP contribution < -0.4 is 0 Å². The molecule has 1 aromatic rings. The minimum atomic E-state index is -1.92. The van der Waals surface area contributed by atoms with Crippen molar-refractivity contribution in [3.63, 3.8) is 0 Å². The Balaban J connectivity index is 3.94. The molecule has 0 saturated carbocycles. The van der Waals surface area contributed by atoms with Gasteiger partial charge in [0.2, 0.25) is 11.5 Å². The van der Waals surface area contributed by atoms with Gasteiger partial charge in [-0.2, -0.15) is 0 Å². The molecule has 0 amide bonds. The zero-order valence-corrected chi connectivity index (χ0v) is 8.78. The van der Waals surface area contributed by atoms with E-state index in [0.717, 1.165) is 6.92 Å². The average Bonchev–Trinajstić information content (AvgIpc) is 2.14. The molecule has 96 valence electrons. The highest BCUT2D eigenvalue weighted by atomic mass is 16.6. The molecular weight excluding hydrogens is 252 g/mol. The van der Waals surface area contributed by atoms with Crippen LogP contribution in [0.25, 0.3) is 0 Å². The second-order valence-corrected chi connectivity index (χ2v) is 3.21. The second-order valence-electron chi connectivity index (χ2n) is 3.21. The van der Waals surface area contributed by atoms with Gasteiger partial charge in [-0.3, -0.25) is 20.2 Å². The minimum Gasteiger partial charge on any atom is -0.501 e. The summed E-state index contributed by atoms with van der Waals surface area (Å²) in [5, 5.41) is 48.8. The number of carboxylic acids is 1. The molecule has 0 unspecified atom stereocenters. The van der Waals surface area contributed by atoms with E-state index in [1.54, 1.807) is 0 Å². The van der Waals surface area contributed by atoms with Crippen molar-refractivity contribution < 1.29 is 30.0 Å². The van der Waals surface area contributed by atoms with Crippen molar-refractivity contribution >= 4 is 17.3 Å². The maximum atomic E-state index is 10.7.